The van der Waals surface area contributed by atoms with E-state index in [2.05, 4.69) is 13.8 Å². The summed E-state index contributed by atoms with van der Waals surface area (Å²) in [6.07, 6.45) is 0.928. The maximum absolute atomic E-state index is 11.9. The lowest BCUT2D eigenvalue weighted by atomic mass is 10.2. The van der Waals surface area contributed by atoms with Crippen LogP contribution in [0.15, 0.2) is 23.1 Å². The van der Waals surface area contributed by atoms with E-state index in [1.807, 2.05) is 0 Å². The van der Waals surface area contributed by atoms with Crippen LogP contribution < -0.4 is 5.73 Å². The molecule has 1 unspecified atom stereocenters. The zero-order valence-corrected chi connectivity index (χ0v) is 10.6. The molecule has 1 aromatic rings. The van der Waals surface area contributed by atoms with Crippen molar-refractivity contribution >= 4 is 28.1 Å². The van der Waals surface area contributed by atoms with Crippen molar-refractivity contribution in [2.45, 2.75) is 25.2 Å². The lowest BCUT2D eigenvalue weighted by Gasteiger charge is -2.07. The third-order valence-corrected chi connectivity index (χ3v) is 3.96. The first-order valence-corrected chi connectivity index (χ1v) is 6.64. The SMILES string of the molecule is CC(C)CCS(=O)c1cc(N)ccc1Cl. The Morgan fingerprint density at radius 3 is 2.73 bits per heavy atom. The summed E-state index contributed by atoms with van der Waals surface area (Å²) in [6.45, 7) is 4.22. The third-order valence-electron chi connectivity index (χ3n) is 2.08. The quantitative estimate of drug-likeness (QED) is 0.829. The van der Waals surface area contributed by atoms with E-state index in [-0.39, 0.29) is 0 Å². The fourth-order valence-corrected chi connectivity index (χ4v) is 2.98. The van der Waals surface area contributed by atoms with Crippen molar-refractivity contribution < 1.29 is 4.21 Å². The molecular formula is C11H16ClNOS. The minimum Gasteiger partial charge on any atom is -0.399 e. The van der Waals surface area contributed by atoms with E-state index in [0.29, 0.717) is 27.3 Å². The third kappa shape index (κ3) is 3.84. The minimum atomic E-state index is -1.04. The highest BCUT2D eigenvalue weighted by Gasteiger charge is 2.09. The zero-order valence-electron chi connectivity index (χ0n) is 9.00. The molecule has 0 amide bonds. The highest BCUT2D eigenvalue weighted by atomic mass is 35.5. The van der Waals surface area contributed by atoms with Crippen LogP contribution >= 0.6 is 11.6 Å². The predicted molar refractivity (Wildman–Crippen MR) is 66.6 cm³/mol. The van der Waals surface area contributed by atoms with Crippen molar-refractivity contribution in [3.63, 3.8) is 0 Å². The van der Waals surface area contributed by atoms with Crippen LogP contribution in [0, 0.1) is 5.92 Å². The highest BCUT2D eigenvalue weighted by Crippen LogP contribution is 2.23. The molecule has 0 fully saturated rings. The number of hydrogen-bond acceptors (Lipinski definition) is 2. The first kappa shape index (κ1) is 12.5. The fourth-order valence-electron chi connectivity index (χ4n) is 1.15. The summed E-state index contributed by atoms with van der Waals surface area (Å²) < 4.78 is 11.9. The lowest BCUT2D eigenvalue weighted by molar-refractivity contribution is 0.619. The molecule has 0 aliphatic heterocycles. The molecule has 0 radical (unpaired) electrons. The second-order valence-corrected chi connectivity index (χ2v) is 5.87. The summed E-state index contributed by atoms with van der Waals surface area (Å²) in [6, 6.07) is 5.10. The lowest BCUT2D eigenvalue weighted by Crippen LogP contribution is -2.03. The number of hydrogen-bond donors (Lipinski definition) is 1. The average Bonchev–Trinajstić information content (AvgIpc) is 2.18. The van der Waals surface area contributed by atoms with Gasteiger partial charge >= 0.3 is 0 Å². The molecule has 0 saturated carbocycles. The van der Waals surface area contributed by atoms with Gasteiger partial charge in [-0.2, -0.15) is 0 Å². The summed E-state index contributed by atoms with van der Waals surface area (Å²) in [5.41, 5.74) is 6.23. The number of nitrogens with two attached hydrogens (primary N) is 1. The molecule has 1 aromatic carbocycles. The second kappa shape index (κ2) is 5.52. The summed E-state index contributed by atoms with van der Waals surface area (Å²) in [7, 11) is -1.04. The molecule has 0 aliphatic rings. The van der Waals surface area contributed by atoms with Gasteiger partial charge in [-0.1, -0.05) is 25.4 Å². The minimum absolute atomic E-state index is 0.534. The van der Waals surface area contributed by atoms with E-state index in [1.165, 1.54) is 0 Å². The Morgan fingerprint density at radius 2 is 2.13 bits per heavy atom. The Morgan fingerprint density at radius 1 is 1.47 bits per heavy atom. The van der Waals surface area contributed by atoms with E-state index >= 15 is 0 Å². The Labute approximate surface area is 98.3 Å². The van der Waals surface area contributed by atoms with Gasteiger partial charge in [-0.15, -0.1) is 0 Å². The van der Waals surface area contributed by atoms with E-state index in [1.54, 1.807) is 18.2 Å². The summed E-state index contributed by atoms with van der Waals surface area (Å²) >= 11 is 5.96. The molecule has 84 valence electrons. The van der Waals surface area contributed by atoms with Gasteiger partial charge in [0.1, 0.15) is 0 Å². The fraction of sp³-hybridized carbons (Fsp3) is 0.455. The topological polar surface area (TPSA) is 43.1 Å². The number of benzene rings is 1. The molecule has 2 N–H and O–H groups in total. The monoisotopic (exact) mass is 245 g/mol. The van der Waals surface area contributed by atoms with E-state index in [4.69, 9.17) is 17.3 Å². The van der Waals surface area contributed by atoms with E-state index in [9.17, 15) is 4.21 Å². The smallest absolute Gasteiger partial charge is 0.0594 e. The summed E-state index contributed by atoms with van der Waals surface area (Å²) in [5, 5.41) is 0.534. The number of anilines is 1. The van der Waals surface area contributed by atoms with Gasteiger partial charge < -0.3 is 5.73 Å². The molecule has 0 spiro atoms. The van der Waals surface area contributed by atoms with Crippen molar-refractivity contribution in [2.24, 2.45) is 5.92 Å². The van der Waals surface area contributed by atoms with Gasteiger partial charge in [-0.3, -0.25) is 4.21 Å². The molecule has 0 saturated heterocycles. The Bertz CT molecular complexity index is 366. The van der Waals surface area contributed by atoms with Crippen LogP contribution in [0.1, 0.15) is 20.3 Å². The first-order chi connectivity index (χ1) is 7.00. The predicted octanol–water partition coefficient (Wildman–Crippen LogP) is 3.08. The average molecular weight is 246 g/mol. The van der Waals surface area contributed by atoms with Gasteiger partial charge in [0.2, 0.25) is 0 Å². The standard InChI is InChI=1S/C11H16ClNOS/c1-8(2)5-6-15(14)11-7-9(13)3-4-10(11)12/h3-4,7-8H,5-6,13H2,1-2H3. The molecular weight excluding hydrogens is 230 g/mol. The van der Waals surface area contributed by atoms with E-state index < -0.39 is 10.8 Å². The Kier molecular flexibility index (Phi) is 4.61. The van der Waals surface area contributed by atoms with Gasteiger partial charge in [-0.05, 0) is 30.5 Å². The maximum atomic E-state index is 11.9. The van der Waals surface area contributed by atoms with Gasteiger partial charge in [0, 0.05) is 11.4 Å². The van der Waals surface area contributed by atoms with Crippen molar-refractivity contribution in [3.8, 4) is 0 Å². The Balaban J connectivity index is 2.77. The number of nitrogen functional groups attached to an aromatic ring is 1. The van der Waals surface area contributed by atoms with E-state index in [0.717, 1.165) is 6.42 Å². The highest BCUT2D eigenvalue weighted by molar-refractivity contribution is 7.85. The van der Waals surface area contributed by atoms with Crippen LogP contribution in [-0.4, -0.2) is 9.96 Å². The normalized spacial score (nSPS) is 13.1. The molecule has 0 heterocycles. The van der Waals surface area contributed by atoms with Crippen LogP contribution in [0.25, 0.3) is 0 Å². The molecule has 0 bridgehead atoms. The first-order valence-electron chi connectivity index (χ1n) is 4.94. The van der Waals surface area contributed by atoms with Crippen molar-refractivity contribution in [2.75, 3.05) is 11.5 Å². The van der Waals surface area contributed by atoms with Crippen LogP contribution in [0.5, 0.6) is 0 Å². The maximum Gasteiger partial charge on any atom is 0.0594 e. The molecule has 1 rings (SSSR count). The van der Waals surface area contributed by atoms with Crippen molar-refractivity contribution in [1.29, 1.82) is 0 Å². The van der Waals surface area contributed by atoms with Crippen LogP contribution in [0.4, 0.5) is 5.69 Å². The molecule has 4 heteroatoms. The molecule has 2 nitrogen and oxygen atoms in total. The van der Waals surface area contributed by atoms with Gasteiger partial charge in [0.25, 0.3) is 0 Å². The molecule has 15 heavy (non-hydrogen) atoms. The number of rotatable bonds is 4. The van der Waals surface area contributed by atoms with Crippen molar-refractivity contribution in [3.05, 3.63) is 23.2 Å². The zero-order chi connectivity index (χ0) is 11.4. The van der Waals surface area contributed by atoms with Gasteiger partial charge in [0.15, 0.2) is 0 Å². The van der Waals surface area contributed by atoms with Crippen LogP contribution in [0.3, 0.4) is 0 Å². The van der Waals surface area contributed by atoms with Crippen LogP contribution in [0.2, 0.25) is 5.02 Å². The summed E-state index contributed by atoms with van der Waals surface area (Å²) in [5.74, 6) is 1.19. The molecule has 1 atom stereocenters. The molecule has 0 aliphatic carbocycles. The second-order valence-electron chi connectivity index (χ2n) is 3.92. The van der Waals surface area contributed by atoms with Gasteiger partial charge in [0.05, 0.1) is 20.7 Å². The summed E-state index contributed by atoms with van der Waals surface area (Å²) in [4.78, 5) is 0.650. The molecule has 0 aromatic heterocycles. The number of halogens is 1. The van der Waals surface area contributed by atoms with Crippen LogP contribution in [-0.2, 0) is 10.8 Å². The largest absolute Gasteiger partial charge is 0.399 e. The Hall–Kier alpha value is -0.540. The van der Waals surface area contributed by atoms with Crippen molar-refractivity contribution in [1.82, 2.24) is 0 Å². The van der Waals surface area contributed by atoms with Gasteiger partial charge in [-0.25, -0.2) is 0 Å².